The molecule has 0 radical (unpaired) electrons. The number of unbranched alkanes of at least 4 members (excludes halogenated alkanes) is 1. The highest BCUT2D eigenvalue weighted by atomic mass is 32.2. The van der Waals surface area contributed by atoms with Gasteiger partial charge in [0.1, 0.15) is 54.4 Å². The van der Waals surface area contributed by atoms with Crippen molar-refractivity contribution >= 4 is 94.5 Å². The molecular weight excluding hydrogens is 1250 g/mol. The molecule has 0 unspecified atom stereocenters. The number of benzene rings is 2. The lowest BCUT2D eigenvalue weighted by Crippen LogP contribution is -2.60. The third-order valence-electron chi connectivity index (χ3n) is 16.0. The summed E-state index contributed by atoms with van der Waals surface area (Å²) in [5.74, 6) is -9.80. The van der Waals surface area contributed by atoms with Gasteiger partial charge in [0.25, 0.3) is 0 Å². The van der Waals surface area contributed by atoms with Crippen LogP contribution >= 0.6 is 11.8 Å². The quantitative estimate of drug-likeness (QED) is 0.0173. The molecule has 2 aromatic carbocycles. The molecule has 2 aromatic rings. The van der Waals surface area contributed by atoms with Gasteiger partial charge in [-0.05, 0) is 119 Å². The lowest BCUT2D eigenvalue weighted by molar-refractivity contribution is -0.144. The molecule has 2 saturated heterocycles. The summed E-state index contributed by atoms with van der Waals surface area (Å²) in [6.45, 7) is 3.86. The molecule has 0 aromatic heterocycles. The minimum absolute atomic E-state index is 0.0736. The molecule has 524 valence electrons. The zero-order valence-corrected chi connectivity index (χ0v) is 55.3. The van der Waals surface area contributed by atoms with Gasteiger partial charge < -0.3 is 92.5 Å². The molecule has 10 atom stereocenters. The second kappa shape index (κ2) is 41.0. The van der Waals surface area contributed by atoms with E-state index >= 15 is 0 Å². The maximum Gasteiger partial charge on any atom is 0.245 e. The van der Waals surface area contributed by atoms with Crippen LogP contribution in [0.1, 0.15) is 121 Å². The fourth-order valence-electron chi connectivity index (χ4n) is 11.0. The van der Waals surface area contributed by atoms with Crippen LogP contribution in [0.25, 0.3) is 0 Å². The molecule has 2 fully saturated rings. The van der Waals surface area contributed by atoms with Crippen molar-refractivity contribution in [1.29, 1.82) is 0 Å². The van der Waals surface area contributed by atoms with Crippen molar-refractivity contribution in [2.24, 2.45) is 51.0 Å². The number of carbonyl (C=O) groups excluding carboxylic acids is 13. The van der Waals surface area contributed by atoms with E-state index in [1.807, 2.05) is 20.1 Å². The first-order valence-corrected chi connectivity index (χ1v) is 33.6. The Bertz CT molecular complexity index is 2960. The smallest absolute Gasteiger partial charge is 0.245 e. The number of likely N-dealkylation sites (tertiary alicyclic amines) is 2. The maximum atomic E-state index is 14.7. The number of nitrogens with one attached hydrogen (secondary N) is 8. The normalized spacial score (nSPS) is 16.8. The summed E-state index contributed by atoms with van der Waals surface area (Å²) in [6, 6.07) is 4.51. The monoisotopic (exact) mass is 1350 g/mol. The zero-order chi connectivity index (χ0) is 70.1. The molecule has 2 heterocycles. The summed E-state index contributed by atoms with van der Waals surface area (Å²) in [5.41, 5.74) is 40.6. The van der Waals surface area contributed by atoms with Gasteiger partial charge in [0, 0.05) is 45.3 Å². The largest absolute Gasteiger partial charge is 0.370 e. The molecule has 0 bridgehead atoms. The van der Waals surface area contributed by atoms with Crippen LogP contribution in [-0.4, -0.2) is 198 Å². The average Bonchev–Trinajstić information content (AvgIpc) is 1.74. The zero-order valence-electron chi connectivity index (χ0n) is 54.5. The molecule has 95 heavy (non-hydrogen) atoms. The summed E-state index contributed by atoms with van der Waals surface area (Å²) in [4.78, 5) is 185. The molecule has 0 spiro atoms. The van der Waals surface area contributed by atoms with E-state index in [1.165, 1.54) is 21.6 Å². The topological polar surface area (TPSA) is 519 Å². The van der Waals surface area contributed by atoms with Gasteiger partial charge in [0.2, 0.25) is 76.8 Å². The van der Waals surface area contributed by atoms with Crippen LogP contribution in [-0.2, 0) is 75.2 Å². The summed E-state index contributed by atoms with van der Waals surface area (Å²) in [7, 11) is 0. The number of aliphatic imine (C=N–C) groups is 1. The molecule has 22 N–H and O–H groups in total. The first kappa shape index (κ1) is 78.5. The Labute approximate surface area is 558 Å². The van der Waals surface area contributed by atoms with Crippen molar-refractivity contribution in [2.45, 2.75) is 183 Å². The summed E-state index contributed by atoms with van der Waals surface area (Å²) in [6.07, 6.45) is 3.12. The van der Waals surface area contributed by atoms with Crippen molar-refractivity contribution in [3.63, 3.8) is 0 Å². The minimum Gasteiger partial charge on any atom is -0.370 e. The highest BCUT2D eigenvalue weighted by molar-refractivity contribution is 7.98. The molecule has 13 amide bonds. The number of amides is 13. The predicted molar refractivity (Wildman–Crippen MR) is 356 cm³/mol. The van der Waals surface area contributed by atoms with E-state index in [0.29, 0.717) is 55.4 Å². The number of primary amides is 3. The van der Waals surface area contributed by atoms with Crippen LogP contribution in [0.4, 0.5) is 0 Å². The number of nitrogens with zero attached hydrogens (tertiary/aromatic N) is 3. The van der Waals surface area contributed by atoms with Crippen LogP contribution in [0.15, 0.2) is 65.7 Å². The Morgan fingerprint density at radius 3 is 1.51 bits per heavy atom. The van der Waals surface area contributed by atoms with Gasteiger partial charge in [0.15, 0.2) is 5.96 Å². The second-order valence-corrected chi connectivity index (χ2v) is 25.1. The Morgan fingerprint density at radius 2 is 1.01 bits per heavy atom. The molecule has 31 nitrogen and oxygen atoms in total. The van der Waals surface area contributed by atoms with Crippen molar-refractivity contribution in [3.8, 4) is 0 Å². The van der Waals surface area contributed by atoms with Gasteiger partial charge in [-0.25, -0.2) is 0 Å². The van der Waals surface area contributed by atoms with E-state index in [4.69, 9.17) is 40.1 Å². The number of rotatable bonds is 42. The lowest BCUT2D eigenvalue weighted by atomic mass is 10.0. The van der Waals surface area contributed by atoms with E-state index in [1.54, 1.807) is 60.7 Å². The highest BCUT2D eigenvalue weighted by Crippen LogP contribution is 2.24. The van der Waals surface area contributed by atoms with Gasteiger partial charge in [0.05, 0.1) is 12.6 Å². The Kier molecular flexibility index (Phi) is 33.9. The van der Waals surface area contributed by atoms with Gasteiger partial charge in [-0.2, -0.15) is 11.8 Å². The number of hydrogen-bond donors (Lipinski definition) is 15. The first-order valence-electron chi connectivity index (χ1n) is 32.2. The Hall–Kier alpha value is -8.91. The van der Waals surface area contributed by atoms with Gasteiger partial charge in [-0.1, -0.05) is 74.5 Å². The SMILES string of the molecule is CSCC[C@H](NC(=O)[C@@H](CC(C)C)NC(=O)CNC(=O)[C@H](Cc1ccccc1)NC(=O)[C@H](Cc1ccccc1)NC(=O)[C@H](CCC(N)=O)NC(=O)[C@H](CCC(N)=O)NC(=O)[C@@H]1CCCN1C(=O)[C@@H](CCCCN)NC(=O)[C@H]1CCCN1C(=O)[C@H](N)CCCN=C(N)N)C(N)=O. The van der Waals surface area contributed by atoms with Gasteiger partial charge >= 0.3 is 0 Å². The van der Waals surface area contributed by atoms with Gasteiger partial charge in [-0.3, -0.25) is 67.3 Å². The summed E-state index contributed by atoms with van der Waals surface area (Å²) in [5, 5.41) is 21.1. The second-order valence-electron chi connectivity index (χ2n) is 24.1. The molecule has 2 aliphatic heterocycles. The molecule has 0 saturated carbocycles. The van der Waals surface area contributed by atoms with Crippen LogP contribution in [0.3, 0.4) is 0 Å². The highest BCUT2D eigenvalue weighted by Gasteiger charge is 2.42. The molecule has 2 aliphatic rings. The fourth-order valence-corrected chi connectivity index (χ4v) is 11.5. The number of carbonyl (C=O) groups is 13. The van der Waals surface area contributed by atoms with Gasteiger partial charge in [-0.15, -0.1) is 0 Å². The van der Waals surface area contributed by atoms with Crippen LogP contribution < -0.4 is 82.7 Å². The van der Waals surface area contributed by atoms with E-state index < -0.39 is 169 Å². The lowest BCUT2D eigenvalue weighted by Gasteiger charge is -2.32. The van der Waals surface area contributed by atoms with Crippen molar-refractivity contribution < 1.29 is 62.3 Å². The predicted octanol–water partition coefficient (Wildman–Crippen LogP) is -3.71. The maximum absolute atomic E-state index is 14.7. The van der Waals surface area contributed by atoms with Crippen LogP contribution in [0.2, 0.25) is 0 Å². The van der Waals surface area contributed by atoms with E-state index in [9.17, 15) is 62.3 Å². The summed E-state index contributed by atoms with van der Waals surface area (Å²) >= 11 is 1.45. The Morgan fingerprint density at radius 1 is 0.537 bits per heavy atom. The van der Waals surface area contributed by atoms with Crippen LogP contribution in [0.5, 0.6) is 0 Å². The molecule has 0 aliphatic carbocycles. The molecule has 4 rings (SSSR count). The minimum atomic E-state index is -1.64. The number of thioether (sulfide) groups is 1. The van der Waals surface area contributed by atoms with Crippen molar-refractivity contribution in [3.05, 3.63) is 71.8 Å². The third-order valence-corrected chi connectivity index (χ3v) is 16.7. The number of hydrogen-bond acceptors (Lipinski definition) is 17. The van der Waals surface area contributed by atoms with Crippen LogP contribution in [0, 0.1) is 5.92 Å². The van der Waals surface area contributed by atoms with E-state index in [2.05, 4.69) is 47.5 Å². The van der Waals surface area contributed by atoms with Crippen molar-refractivity contribution in [2.75, 3.05) is 44.7 Å². The first-order chi connectivity index (χ1) is 45.2. The van der Waals surface area contributed by atoms with E-state index in [0.717, 1.165) is 0 Å². The standard InChI is InChI=1S/C63H98N18O13S/c1-37(2)33-45(57(89)74-41(53(68)85)27-32-95-3)73-52(84)36-72-54(86)46(34-38-15-6-4-7-16-38)78-58(90)47(35-39-17-8-5-9-18-39)79-56(88)42(23-25-50(66)82)75-55(87)43(24-26-51(67)83)76-59(91)49-22-14-31-81(49)62(94)44(20-10-11-28-64)77-60(92)48-21-13-30-80(48)61(93)40(65)19-12-29-71-63(69)70/h4-9,15-18,37,40-49H,10-14,19-36,64-65H2,1-3H3,(H2,66,82)(H2,67,83)(H2,68,85)(H,72,86)(H,73,84)(H,74,89)(H,75,87)(H,76,91)(H,77,92)(H,78,90)(H,79,88)(H4,69,70,71)/t40-,41+,42+,43+,44-,45-,46+,47+,48-,49+/m1/s1. The van der Waals surface area contributed by atoms with Crippen molar-refractivity contribution in [1.82, 2.24) is 52.3 Å². The number of guanidine groups is 1. The fraction of sp³-hybridized carbons (Fsp3) is 0.587. The Balaban J connectivity index is 1.56. The number of nitrogens with two attached hydrogens (primary N) is 7. The average molecular weight is 1350 g/mol. The third kappa shape index (κ3) is 27.5. The molecular formula is C63H98N18O13S. The summed E-state index contributed by atoms with van der Waals surface area (Å²) < 4.78 is 0. The molecule has 32 heteroatoms. The van der Waals surface area contributed by atoms with E-state index in [-0.39, 0.29) is 83.0 Å².